The Bertz CT molecular complexity index is 1150. The minimum atomic E-state index is -0.683. The minimum Gasteiger partial charge on any atom is -0.493 e. The van der Waals surface area contributed by atoms with E-state index >= 15 is 0 Å². The third kappa shape index (κ3) is 5.28. The number of aryl methyl sites for hydroxylation is 1. The number of anilines is 1. The molecule has 0 aliphatic carbocycles. The van der Waals surface area contributed by atoms with Gasteiger partial charge in [0.2, 0.25) is 5.91 Å². The molecule has 1 aliphatic heterocycles. The van der Waals surface area contributed by atoms with Gasteiger partial charge in [0, 0.05) is 10.2 Å². The quantitative estimate of drug-likeness (QED) is 0.347. The SMILES string of the molecule is C#CCOc1cc(Br)c(/C=C2/NC(=O)N(CC(=O)Nc3cccc(C)c3)C2=O)cc1OC. The van der Waals surface area contributed by atoms with Crippen molar-refractivity contribution in [3.8, 4) is 23.8 Å². The van der Waals surface area contributed by atoms with Gasteiger partial charge in [0.1, 0.15) is 18.8 Å². The molecule has 2 aromatic carbocycles. The summed E-state index contributed by atoms with van der Waals surface area (Å²) in [5, 5.41) is 5.17. The lowest BCUT2D eigenvalue weighted by Gasteiger charge is -2.12. The van der Waals surface area contributed by atoms with Gasteiger partial charge in [-0.2, -0.15) is 0 Å². The lowest BCUT2D eigenvalue weighted by molar-refractivity contribution is -0.127. The van der Waals surface area contributed by atoms with Crippen LogP contribution >= 0.6 is 15.9 Å². The number of hydrogen-bond donors (Lipinski definition) is 2. The van der Waals surface area contributed by atoms with Crippen molar-refractivity contribution in [2.45, 2.75) is 6.92 Å². The molecule has 2 N–H and O–H groups in total. The van der Waals surface area contributed by atoms with Gasteiger partial charge < -0.3 is 20.1 Å². The Labute approximate surface area is 193 Å². The van der Waals surface area contributed by atoms with E-state index in [2.05, 4.69) is 32.5 Å². The maximum atomic E-state index is 12.7. The van der Waals surface area contributed by atoms with Crippen LogP contribution in [-0.4, -0.2) is 43.0 Å². The van der Waals surface area contributed by atoms with Crippen LogP contribution in [0.5, 0.6) is 11.5 Å². The number of amides is 4. The fraction of sp³-hybridized carbons (Fsp3) is 0.174. The molecule has 0 saturated carbocycles. The van der Waals surface area contributed by atoms with Crippen molar-refractivity contribution < 1.29 is 23.9 Å². The number of halogens is 1. The van der Waals surface area contributed by atoms with Crippen LogP contribution in [0.25, 0.3) is 6.08 Å². The average molecular weight is 498 g/mol. The van der Waals surface area contributed by atoms with Crippen LogP contribution < -0.4 is 20.1 Å². The van der Waals surface area contributed by atoms with Gasteiger partial charge in [-0.25, -0.2) is 9.69 Å². The molecule has 0 bridgehead atoms. The summed E-state index contributed by atoms with van der Waals surface area (Å²) in [4.78, 5) is 38.2. The first-order chi connectivity index (χ1) is 15.3. The van der Waals surface area contributed by atoms with Crippen molar-refractivity contribution in [3.63, 3.8) is 0 Å². The maximum absolute atomic E-state index is 12.7. The van der Waals surface area contributed by atoms with Crippen LogP contribution in [0.2, 0.25) is 0 Å². The van der Waals surface area contributed by atoms with E-state index in [1.807, 2.05) is 13.0 Å². The summed E-state index contributed by atoms with van der Waals surface area (Å²) < 4.78 is 11.3. The number of imide groups is 1. The van der Waals surface area contributed by atoms with Crippen molar-refractivity contribution in [1.82, 2.24) is 10.2 Å². The van der Waals surface area contributed by atoms with E-state index in [-0.39, 0.29) is 12.3 Å². The van der Waals surface area contributed by atoms with Crippen LogP contribution in [0.1, 0.15) is 11.1 Å². The molecular weight excluding hydrogens is 478 g/mol. The van der Waals surface area contributed by atoms with Crippen LogP contribution in [-0.2, 0) is 9.59 Å². The van der Waals surface area contributed by atoms with Crippen LogP contribution in [0.3, 0.4) is 0 Å². The number of nitrogens with zero attached hydrogens (tertiary/aromatic N) is 1. The van der Waals surface area contributed by atoms with E-state index in [9.17, 15) is 14.4 Å². The largest absolute Gasteiger partial charge is 0.493 e. The van der Waals surface area contributed by atoms with Gasteiger partial charge in [-0.3, -0.25) is 9.59 Å². The summed E-state index contributed by atoms with van der Waals surface area (Å²) in [5.74, 6) is 2.10. The molecule has 1 fully saturated rings. The lowest BCUT2D eigenvalue weighted by Crippen LogP contribution is -2.38. The number of nitrogens with one attached hydrogen (secondary N) is 2. The molecule has 1 heterocycles. The van der Waals surface area contributed by atoms with E-state index < -0.39 is 24.4 Å². The smallest absolute Gasteiger partial charge is 0.329 e. The zero-order valence-electron chi connectivity index (χ0n) is 17.4. The van der Waals surface area contributed by atoms with Crippen molar-refractivity contribution >= 4 is 45.5 Å². The van der Waals surface area contributed by atoms with E-state index in [1.54, 1.807) is 30.3 Å². The lowest BCUT2D eigenvalue weighted by atomic mass is 10.1. The summed E-state index contributed by atoms with van der Waals surface area (Å²) in [6.45, 7) is 1.54. The van der Waals surface area contributed by atoms with Gasteiger partial charge in [-0.1, -0.05) is 34.0 Å². The molecule has 32 heavy (non-hydrogen) atoms. The topological polar surface area (TPSA) is 97.0 Å². The Morgan fingerprint density at radius 2 is 2.06 bits per heavy atom. The fourth-order valence-corrected chi connectivity index (χ4v) is 3.43. The molecule has 164 valence electrons. The molecule has 0 unspecified atom stereocenters. The van der Waals surface area contributed by atoms with Crippen molar-refractivity contribution in [1.29, 1.82) is 0 Å². The number of carbonyl (C=O) groups excluding carboxylic acids is 3. The number of urea groups is 1. The first-order valence-electron chi connectivity index (χ1n) is 9.47. The Morgan fingerprint density at radius 3 is 2.75 bits per heavy atom. The highest BCUT2D eigenvalue weighted by Crippen LogP contribution is 2.35. The van der Waals surface area contributed by atoms with Gasteiger partial charge in [0.25, 0.3) is 5.91 Å². The summed E-state index contributed by atoms with van der Waals surface area (Å²) in [6.07, 6.45) is 6.70. The molecule has 0 atom stereocenters. The molecule has 1 saturated heterocycles. The molecule has 8 nitrogen and oxygen atoms in total. The summed E-state index contributed by atoms with van der Waals surface area (Å²) in [6, 6.07) is 9.81. The highest BCUT2D eigenvalue weighted by Gasteiger charge is 2.35. The maximum Gasteiger partial charge on any atom is 0.329 e. The summed E-state index contributed by atoms with van der Waals surface area (Å²) >= 11 is 3.41. The molecule has 0 radical (unpaired) electrons. The van der Waals surface area contributed by atoms with Crippen molar-refractivity contribution in [2.24, 2.45) is 0 Å². The van der Waals surface area contributed by atoms with Crippen LogP contribution in [0, 0.1) is 19.3 Å². The number of ether oxygens (including phenoxy) is 2. The second-order valence-electron chi connectivity index (χ2n) is 6.81. The standard InChI is InChI=1S/C23H20BrN3O5/c1-4-8-32-20-12-17(24)15(11-19(20)31-3)10-18-22(29)27(23(30)26-18)13-21(28)25-16-7-5-6-14(2)9-16/h1,5-7,9-12H,8,13H2,2-3H3,(H,25,28)(H,26,30)/b18-10+. The Morgan fingerprint density at radius 1 is 1.28 bits per heavy atom. The molecule has 0 aromatic heterocycles. The van der Waals surface area contributed by atoms with Crippen LogP contribution in [0.15, 0.2) is 46.6 Å². The number of hydrogen-bond acceptors (Lipinski definition) is 5. The third-order valence-electron chi connectivity index (χ3n) is 4.46. The molecule has 9 heteroatoms. The van der Waals surface area contributed by atoms with Gasteiger partial charge in [0.15, 0.2) is 11.5 Å². The molecular formula is C23H20BrN3O5. The monoisotopic (exact) mass is 497 g/mol. The fourth-order valence-electron chi connectivity index (χ4n) is 2.99. The normalized spacial score (nSPS) is 14.2. The van der Waals surface area contributed by atoms with E-state index in [0.29, 0.717) is 27.2 Å². The molecule has 1 aliphatic rings. The van der Waals surface area contributed by atoms with Crippen molar-refractivity contribution in [3.05, 3.63) is 57.7 Å². The first-order valence-corrected chi connectivity index (χ1v) is 10.3. The number of rotatable bonds is 7. The first kappa shape index (κ1) is 22.9. The molecule has 2 aromatic rings. The molecule has 0 spiro atoms. The van der Waals surface area contributed by atoms with Crippen molar-refractivity contribution in [2.75, 3.05) is 25.6 Å². The Hall–Kier alpha value is -3.77. The van der Waals surface area contributed by atoms with E-state index in [0.717, 1.165) is 10.5 Å². The summed E-state index contributed by atoms with van der Waals surface area (Å²) in [7, 11) is 1.47. The van der Waals surface area contributed by atoms with Gasteiger partial charge >= 0.3 is 6.03 Å². The number of carbonyl (C=O) groups is 3. The summed E-state index contributed by atoms with van der Waals surface area (Å²) in [5.41, 5.74) is 2.14. The zero-order valence-corrected chi connectivity index (χ0v) is 19.0. The second-order valence-corrected chi connectivity index (χ2v) is 7.67. The van der Waals surface area contributed by atoms with Gasteiger partial charge in [0.05, 0.1) is 7.11 Å². The zero-order chi connectivity index (χ0) is 23.3. The van der Waals surface area contributed by atoms with Gasteiger partial charge in [-0.15, -0.1) is 6.42 Å². The predicted molar refractivity (Wildman–Crippen MR) is 123 cm³/mol. The third-order valence-corrected chi connectivity index (χ3v) is 5.15. The molecule has 4 amide bonds. The number of benzene rings is 2. The predicted octanol–water partition coefficient (Wildman–Crippen LogP) is 3.31. The minimum absolute atomic E-state index is 0.0263. The van der Waals surface area contributed by atoms with Crippen LogP contribution in [0.4, 0.5) is 10.5 Å². The Balaban J connectivity index is 1.76. The van der Waals surface area contributed by atoms with Gasteiger partial charge in [-0.05, 0) is 48.4 Å². The highest BCUT2D eigenvalue weighted by molar-refractivity contribution is 9.10. The number of terminal acetylenes is 1. The van der Waals surface area contributed by atoms with E-state index in [1.165, 1.54) is 13.2 Å². The average Bonchev–Trinajstić information content (AvgIpc) is 3.01. The molecule has 3 rings (SSSR count). The number of methoxy groups -OCH3 is 1. The highest BCUT2D eigenvalue weighted by atomic mass is 79.9. The second kappa shape index (κ2) is 10.0. The van der Waals surface area contributed by atoms with E-state index in [4.69, 9.17) is 15.9 Å². The Kier molecular flexibility index (Phi) is 7.18.